The van der Waals surface area contributed by atoms with Gasteiger partial charge in [0.05, 0.1) is 0 Å². The van der Waals surface area contributed by atoms with Crippen LogP contribution in [0.5, 0.6) is 0 Å². The molecule has 0 aliphatic rings. The van der Waals surface area contributed by atoms with Crippen molar-refractivity contribution in [1.29, 1.82) is 5.41 Å². The first-order valence-corrected chi connectivity index (χ1v) is 4.78. The molecule has 0 aliphatic heterocycles. The molecule has 76 valence electrons. The van der Waals surface area contributed by atoms with E-state index >= 15 is 0 Å². The molecule has 0 aromatic rings. The Kier molecular flexibility index (Phi) is 6.34. The molecule has 0 bridgehead atoms. The zero-order valence-electron chi connectivity index (χ0n) is 7.91. The number of nitrogens with one attached hydrogen (secondary N) is 1. The Labute approximate surface area is 82.4 Å². The summed E-state index contributed by atoms with van der Waals surface area (Å²) in [6.07, 6.45) is 0.879. The van der Waals surface area contributed by atoms with Crippen LogP contribution in [-0.4, -0.2) is 30.1 Å². The van der Waals surface area contributed by atoms with Gasteiger partial charge in [-0.2, -0.15) is 4.99 Å². The quantitative estimate of drug-likeness (QED) is 0.454. The SMILES string of the molecule is COCCC(C)SC(=N)N=C(N)N. The predicted octanol–water partition coefficient (Wildman–Crippen LogP) is 0.353. The van der Waals surface area contributed by atoms with Gasteiger partial charge in [-0.15, -0.1) is 0 Å². The van der Waals surface area contributed by atoms with Crippen molar-refractivity contribution >= 4 is 22.9 Å². The van der Waals surface area contributed by atoms with E-state index in [4.69, 9.17) is 21.6 Å². The molecule has 0 aromatic carbocycles. The molecule has 0 amide bonds. The van der Waals surface area contributed by atoms with E-state index in [1.54, 1.807) is 7.11 Å². The van der Waals surface area contributed by atoms with E-state index in [2.05, 4.69) is 4.99 Å². The van der Waals surface area contributed by atoms with Crippen LogP contribution in [0.3, 0.4) is 0 Å². The Morgan fingerprint density at radius 2 is 2.23 bits per heavy atom. The molecule has 0 heterocycles. The van der Waals surface area contributed by atoms with Crippen LogP contribution >= 0.6 is 11.8 Å². The Hall–Kier alpha value is -0.750. The molecule has 0 spiro atoms. The standard InChI is InChI=1S/C7H16N4OS/c1-5(3-4-12-2)13-7(10)11-6(8)9/h5H,3-4H2,1-2H3,(H5,8,9,10,11). The highest BCUT2D eigenvalue weighted by Crippen LogP contribution is 2.15. The molecule has 0 aliphatic carbocycles. The average Bonchev–Trinajstić information content (AvgIpc) is 1.98. The number of thioether (sulfide) groups is 1. The number of nitrogens with zero attached hydrogens (tertiary/aromatic N) is 1. The minimum atomic E-state index is -0.0727. The molecule has 0 fully saturated rings. The maximum atomic E-state index is 7.36. The summed E-state index contributed by atoms with van der Waals surface area (Å²) in [5.74, 6) is -0.0727. The zero-order valence-corrected chi connectivity index (χ0v) is 8.73. The molecular weight excluding hydrogens is 188 g/mol. The first-order valence-electron chi connectivity index (χ1n) is 3.90. The molecule has 1 atom stereocenters. The number of hydrogen-bond donors (Lipinski definition) is 3. The average molecular weight is 204 g/mol. The van der Waals surface area contributed by atoms with E-state index in [1.807, 2.05) is 6.92 Å². The third kappa shape index (κ3) is 7.61. The monoisotopic (exact) mass is 204 g/mol. The normalized spacial score (nSPS) is 12.2. The molecule has 13 heavy (non-hydrogen) atoms. The fourth-order valence-electron chi connectivity index (χ4n) is 0.677. The van der Waals surface area contributed by atoms with Crippen LogP contribution in [0.4, 0.5) is 0 Å². The van der Waals surface area contributed by atoms with Crippen molar-refractivity contribution in [3.05, 3.63) is 0 Å². The van der Waals surface area contributed by atoms with Crippen molar-refractivity contribution in [3.63, 3.8) is 0 Å². The second-order valence-corrected chi connectivity index (χ2v) is 3.98. The van der Waals surface area contributed by atoms with Gasteiger partial charge >= 0.3 is 0 Å². The second kappa shape index (κ2) is 6.73. The van der Waals surface area contributed by atoms with Crippen molar-refractivity contribution in [1.82, 2.24) is 0 Å². The number of ether oxygens (including phenoxy) is 1. The van der Waals surface area contributed by atoms with Gasteiger partial charge in [-0.25, -0.2) is 0 Å². The smallest absolute Gasteiger partial charge is 0.193 e. The summed E-state index contributed by atoms with van der Waals surface area (Å²) in [4.78, 5) is 3.60. The van der Waals surface area contributed by atoms with Crippen LogP contribution in [0.15, 0.2) is 4.99 Å². The summed E-state index contributed by atoms with van der Waals surface area (Å²) >= 11 is 1.32. The number of guanidine groups is 1. The van der Waals surface area contributed by atoms with Crippen molar-refractivity contribution in [2.24, 2.45) is 16.5 Å². The van der Waals surface area contributed by atoms with Gasteiger partial charge < -0.3 is 16.2 Å². The van der Waals surface area contributed by atoms with Gasteiger partial charge in [-0.05, 0) is 6.42 Å². The molecule has 0 aromatic heterocycles. The van der Waals surface area contributed by atoms with Crippen LogP contribution in [0.2, 0.25) is 0 Å². The lowest BCUT2D eigenvalue weighted by Gasteiger charge is -2.08. The lowest BCUT2D eigenvalue weighted by atomic mass is 10.3. The fourth-order valence-corrected chi connectivity index (χ4v) is 1.43. The number of methoxy groups -OCH3 is 1. The molecule has 0 rings (SSSR count). The van der Waals surface area contributed by atoms with Gasteiger partial charge in [0.15, 0.2) is 11.1 Å². The number of aliphatic imine (C=N–C) groups is 1. The predicted molar refractivity (Wildman–Crippen MR) is 57.1 cm³/mol. The minimum Gasteiger partial charge on any atom is -0.385 e. The first-order chi connectivity index (χ1) is 6.06. The summed E-state index contributed by atoms with van der Waals surface area (Å²) in [6.45, 7) is 2.68. The van der Waals surface area contributed by atoms with E-state index in [0.717, 1.165) is 6.42 Å². The number of rotatable bonds is 4. The van der Waals surface area contributed by atoms with Crippen LogP contribution in [-0.2, 0) is 4.74 Å². The summed E-state index contributed by atoms with van der Waals surface area (Å²) in [5.41, 5.74) is 10.2. The van der Waals surface area contributed by atoms with Crippen LogP contribution in [0, 0.1) is 5.41 Å². The highest BCUT2D eigenvalue weighted by atomic mass is 32.2. The Morgan fingerprint density at radius 1 is 1.62 bits per heavy atom. The van der Waals surface area contributed by atoms with Crippen molar-refractivity contribution in [2.45, 2.75) is 18.6 Å². The number of hydrogen-bond acceptors (Lipinski definition) is 3. The molecule has 0 saturated heterocycles. The third-order valence-electron chi connectivity index (χ3n) is 1.27. The fraction of sp³-hybridized carbons (Fsp3) is 0.714. The van der Waals surface area contributed by atoms with E-state index in [0.29, 0.717) is 6.61 Å². The topological polar surface area (TPSA) is 97.5 Å². The summed E-state index contributed by atoms with van der Waals surface area (Å²) in [5, 5.41) is 7.79. The van der Waals surface area contributed by atoms with Gasteiger partial charge in [0.2, 0.25) is 0 Å². The van der Waals surface area contributed by atoms with Gasteiger partial charge in [0, 0.05) is 19.0 Å². The van der Waals surface area contributed by atoms with E-state index in [9.17, 15) is 0 Å². The van der Waals surface area contributed by atoms with Crippen molar-refractivity contribution in [3.8, 4) is 0 Å². The molecule has 0 saturated carbocycles. The van der Waals surface area contributed by atoms with Crippen LogP contribution < -0.4 is 11.5 Å². The minimum absolute atomic E-state index is 0.0727. The van der Waals surface area contributed by atoms with Gasteiger partial charge in [0.25, 0.3) is 0 Å². The van der Waals surface area contributed by atoms with Crippen molar-refractivity contribution < 1.29 is 4.74 Å². The van der Waals surface area contributed by atoms with Crippen LogP contribution in [0.25, 0.3) is 0 Å². The van der Waals surface area contributed by atoms with Crippen molar-refractivity contribution in [2.75, 3.05) is 13.7 Å². The number of amidine groups is 1. The summed E-state index contributed by atoms with van der Waals surface area (Å²) < 4.78 is 4.91. The Balaban J connectivity index is 3.72. The van der Waals surface area contributed by atoms with Gasteiger partial charge in [-0.3, -0.25) is 5.41 Å². The maximum absolute atomic E-state index is 7.36. The Bertz CT molecular complexity index is 191. The second-order valence-electron chi connectivity index (χ2n) is 2.55. The number of nitrogens with two attached hydrogens (primary N) is 2. The highest BCUT2D eigenvalue weighted by Gasteiger charge is 2.05. The molecule has 5 nitrogen and oxygen atoms in total. The highest BCUT2D eigenvalue weighted by molar-refractivity contribution is 8.14. The van der Waals surface area contributed by atoms with Gasteiger partial charge in [-0.1, -0.05) is 18.7 Å². The lowest BCUT2D eigenvalue weighted by Crippen LogP contribution is -2.23. The third-order valence-corrected chi connectivity index (χ3v) is 2.22. The van der Waals surface area contributed by atoms with Gasteiger partial charge in [0.1, 0.15) is 0 Å². The molecule has 6 heteroatoms. The largest absolute Gasteiger partial charge is 0.385 e. The molecule has 5 N–H and O–H groups in total. The summed E-state index contributed by atoms with van der Waals surface area (Å²) in [6, 6.07) is 0. The maximum Gasteiger partial charge on any atom is 0.193 e. The van der Waals surface area contributed by atoms with E-state index in [1.165, 1.54) is 11.8 Å². The zero-order chi connectivity index (χ0) is 10.3. The lowest BCUT2D eigenvalue weighted by molar-refractivity contribution is 0.195. The molecule has 1 unspecified atom stereocenters. The molecule has 0 radical (unpaired) electrons. The van der Waals surface area contributed by atoms with Crippen LogP contribution in [0.1, 0.15) is 13.3 Å². The Morgan fingerprint density at radius 3 is 2.69 bits per heavy atom. The molecular formula is C7H16N4OS. The van der Waals surface area contributed by atoms with E-state index < -0.39 is 0 Å². The summed E-state index contributed by atoms with van der Waals surface area (Å²) in [7, 11) is 1.65. The first kappa shape index (κ1) is 12.2. The van der Waals surface area contributed by atoms with E-state index in [-0.39, 0.29) is 16.4 Å².